The van der Waals surface area contributed by atoms with Crippen molar-refractivity contribution < 1.29 is 9.13 Å². The van der Waals surface area contributed by atoms with Crippen LogP contribution in [0.1, 0.15) is 6.92 Å². The van der Waals surface area contributed by atoms with Crippen LogP contribution in [-0.4, -0.2) is 6.61 Å². The molecule has 2 rings (SSSR count). The van der Waals surface area contributed by atoms with Gasteiger partial charge in [0.05, 0.1) is 6.61 Å². The molecule has 1 unspecified atom stereocenters. The Kier molecular flexibility index (Phi) is 3.09. The molecule has 1 nitrogen and oxygen atoms in total. The summed E-state index contributed by atoms with van der Waals surface area (Å²) in [4.78, 5) is 0. The molecule has 0 heterocycles. The molecular formula is C14H14FO. The van der Waals surface area contributed by atoms with Gasteiger partial charge in [0.25, 0.3) is 0 Å². The van der Waals surface area contributed by atoms with Crippen LogP contribution >= 0.6 is 0 Å². The van der Waals surface area contributed by atoms with E-state index in [0.29, 0.717) is 6.61 Å². The Morgan fingerprint density at radius 2 is 1.94 bits per heavy atom. The van der Waals surface area contributed by atoms with Gasteiger partial charge in [0.1, 0.15) is 11.6 Å². The molecule has 1 radical (unpaired) electrons. The number of halogens is 1. The summed E-state index contributed by atoms with van der Waals surface area (Å²) < 4.78 is 18.6. The Morgan fingerprint density at radius 1 is 1.19 bits per heavy atom. The zero-order valence-corrected chi connectivity index (χ0v) is 9.24. The van der Waals surface area contributed by atoms with Crippen LogP contribution in [-0.2, 0) is 0 Å². The van der Waals surface area contributed by atoms with Crippen LogP contribution in [0.2, 0.25) is 0 Å². The van der Waals surface area contributed by atoms with Crippen molar-refractivity contribution in [1.82, 2.24) is 0 Å². The fourth-order valence-corrected chi connectivity index (χ4v) is 1.52. The molecule has 0 amide bonds. The van der Waals surface area contributed by atoms with Gasteiger partial charge in [-0.15, -0.1) is 0 Å². The van der Waals surface area contributed by atoms with E-state index in [2.05, 4.69) is 6.92 Å². The summed E-state index contributed by atoms with van der Waals surface area (Å²) in [6.45, 7) is 6.40. The fraction of sp³-hybridized carbons (Fsp3) is 0.214. The van der Waals surface area contributed by atoms with Gasteiger partial charge in [0, 0.05) is 0 Å². The Hall–Kier alpha value is -1.57. The summed E-state index contributed by atoms with van der Waals surface area (Å²) in [5.74, 6) is 0.770. The molecule has 0 aliphatic rings. The number of hydrogen-bond donors (Lipinski definition) is 0. The van der Waals surface area contributed by atoms with E-state index in [4.69, 9.17) is 4.74 Å². The first kappa shape index (κ1) is 10.9. The van der Waals surface area contributed by atoms with Crippen molar-refractivity contribution in [3.05, 3.63) is 49.1 Å². The van der Waals surface area contributed by atoms with Crippen LogP contribution in [0.15, 0.2) is 36.4 Å². The van der Waals surface area contributed by atoms with Gasteiger partial charge in [-0.05, 0) is 47.9 Å². The van der Waals surface area contributed by atoms with E-state index < -0.39 is 0 Å². The SMILES string of the molecule is [CH2]C(C)COc1ccc2ccc(F)cc2c1. The van der Waals surface area contributed by atoms with Crippen LogP contribution in [0.3, 0.4) is 0 Å². The van der Waals surface area contributed by atoms with Crippen LogP contribution in [0, 0.1) is 18.7 Å². The second-order valence-electron chi connectivity index (χ2n) is 4.07. The van der Waals surface area contributed by atoms with E-state index in [1.54, 1.807) is 6.07 Å². The first-order chi connectivity index (χ1) is 7.65. The third-order valence-corrected chi connectivity index (χ3v) is 2.31. The number of rotatable bonds is 3. The van der Waals surface area contributed by atoms with Gasteiger partial charge in [-0.2, -0.15) is 0 Å². The monoisotopic (exact) mass is 217 g/mol. The quantitative estimate of drug-likeness (QED) is 0.759. The summed E-state index contributed by atoms with van der Waals surface area (Å²) in [6.07, 6.45) is 0. The van der Waals surface area contributed by atoms with Crippen molar-refractivity contribution in [3.63, 3.8) is 0 Å². The van der Waals surface area contributed by atoms with Gasteiger partial charge in [-0.3, -0.25) is 0 Å². The zero-order valence-electron chi connectivity index (χ0n) is 9.24. The maximum atomic E-state index is 13.0. The van der Waals surface area contributed by atoms with Crippen LogP contribution in [0.25, 0.3) is 10.8 Å². The molecular weight excluding hydrogens is 203 g/mol. The van der Waals surface area contributed by atoms with E-state index in [9.17, 15) is 4.39 Å². The molecule has 0 aliphatic heterocycles. The van der Waals surface area contributed by atoms with E-state index in [-0.39, 0.29) is 11.7 Å². The second kappa shape index (κ2) is 4.52. The third kappa shape index (κ3) is 2.51. The fourth-order valence-electron chi connectivity index (χ4n) is 1.52. The maximum absolute atomic E-state index is 13.0. The minimum Gasteiger partial charge on any atom is -0.493 e. The average molecular weight is 217 g/mol. The minimum atomic E-state index is -0.227. The summed E-state index contributed by atoms with van der Waals surface area (Å²) in [6, 6.07) is 10.4. The lowest BCUT2D eigenvalue weighted by molar-refractivity contribution is 0.284. The molecule has 0 saturated carbocycles. The number of fused-ring (bicyclic) bond motifs is 1. The lowest BCUT2D eigenvalue weighted by Gasteiger charge is -2.09. The molecule has 0 fully saturated rings. The molecule has 2 aromatic carbocycles. The predicted octanol–water partition coefficient (Wildman–Crippen LogP) is 3.83. The van der Waals surface area contributed by atoms with Gasteiger partial charge in [-0.25, -0.2) is 4.39 Å². The highest BCUT2D eigenvalue weighted by molar-refractivity contribution is 5.83. The first-order valence-corrected chi connectivity index (χ1v) is 5.30. The molecule has 0 bridgehead atoms. The summed E-state index contributed by atoms with van der Waals surface area (Å²) >= 11 is 0. The van der Waals surface area contributed by atoms with E-state index in [0.717, 1.165) is 16.5 Å². The van der Waals surface area contributed by atoms with E-state index in [1.165, 1.54) is 12.1 Å². The standard InChI is InChI=1S/C14H14FO/c1-10(2)9-16-14-6-4-11-3-5-13(15)7-12(11)8-14/h3-8,10H,1,9H2,2H3. The highest BCUT2D eigenvalue weighted by atomic mass is 19.1. The van der Waals surface area contributed by atoms with Crippen molar-refractivity contribution in [1.29, 1.82) is 0 Å². The van der Waals surface area contributed by atoms with Crippen LogP contribution in [0.4, 0.5) is 4.39 Å². The number of hydrogen-bond acceptors (Lipinski definition) is 1. The van der Waals surface area contributed by atoms with Crippen molar-refractivity contribution in [3.8, 4) is 5.75 Å². The van der Waals surface area contributed by atoms with Crippen LogP contribution < -0.4 is 4.74 Å². The third-order valence-electron chi connectivity index (χ3n) is 2.31. The molecule has 2 heteroatoms. The summed E-state index contributed by atoms with van der Waals surface area (Å²) in [5, 5.41) is 1.87. The smallest absolute Gasteiger partial charge is 0.123 e. The summed E-state index contributed by atoms with van der Waals surface area (Å²) in [7, 11) is 0. The average Bonchev–Trinajstić information content (AvgIpc) is 2.25. The Labute approximate surface area is 94.9 Å². The second-order valence-corrected chi connectivity index (χ2v) is 4.07. The molecule has 0 N–H and O–H groups in total. The molecule has 0 aliphatic carbocycles. The zero-order chi connectivity index (χ0) is 11.5. The van der Waals surface area contributed by atoms with Crippen LogP contribution in [0.5, 0.6) is 5.75 Å². The Morgan fingerprint density at radius 3 is 2.69 bits per heavy atom. The molecule has 0 aromatic heterocycles. The molecule has 0 spiro atoms. The molecule has 1 atom stereocenters. The van der Waals surface area contributed by atoms with E-state index in [1.807, 2.05) is 25.1 Å². The van der Waals surface area contributed by atoms with Gasteiger partial charge >= 0.3 is 0 Å². The van der Waals surface area contributed by atoms with Gasteiger partial charge in [0.15, 0.2) is 0 Å². The largest absolute Gasteiger partial charge is 0.493 e. The topological polar surface area (TPSA) is 9.23 Å². The summed E-state index contributed by atoms with van der Waals surface area (Å²) in [5.41, 5.74) is 0. The van der Waals surface area contributed by atoms with Gasteiger partial charge in [0.2, 0.25) is 0 Å². The van der Waals surface area contributed by atoms with Gasteiger partial charge < -0.3 is 4.74 Å². The van der Waals surface area contributed by atoms with Crippen molar-refractivity contribution in [2.45, 2.75) is 6.92 Å². The highest BCUT2D eigenvalue weighted by Crippen LogP contribution is 2.22. The van der Waals surface area contributed by atoms with Crippen molar-refractivity contribution in [2.75, 3.05) is 6.61 Å². The lowest BCUT2D eigenvalue weighted by Crippen LogP contribution is -2.04. The highest BCUT2D eigenvalue weighted by Gasteiger charge is 2.00. The van der Waals surface area contributed by atoms with Crippen molar-refractivity contribution in [2.24, 2.45) is 5.92 Å². The molecule has 2 aromatic rings. The Balaban J connectivity index is 2.28. The number of benzene rings is 2. The predicted molar refractivity (Wildman–Crippen MR) is 63.9 cm³/mol. The van der Waals surface area contributed by atoms with E-state index >= 15 is 0 Å². The minimum absolute atomic E-state index is 0.227. The first-order valence-electron chi connectivity index (χ1n) is 5.30. The normalized spacial score (nSPS) is 11.0. The lowest BCUT2D eigenvalue weighted by atomic mass is 10.1. The van der Waals surface area contributed by atoms with Crippen molar-refractivity contribution >= 4 is 10.8 Å². The molecule has 0 saturated heterocycles. The van der Waals surface area contributed by atoms with Gasteiger partial charge in [-0.1, -0.05) is 19.1 Å². The number of ether oxygens (including phenoxy) is 1. The Bertz CT molecular complexity index is 491. The maximum Gasteiger partial charge on any atom is 0.123 e. The molecule has 16 heavy (non-hydrogen) atoms. The molecule has 83 valence electrons.